The van der Waals surface area contributed by atoms with Crippen LogP contribution in [-0.2, 0) is 10.1 Å². The summed E-state index contributed by atoms with van der Waals surface area (Å²) >= 11 is 0. The van der Waals surface area contributed by atoms with Crippen LogP contribution in [0.5, 0.6) is 0 Å². The van der Waals surface area contributed by atoms with Gasteiger partial charge in [0.2, 0.25) is 0 Å². The lowest BCUT2D eigenvalue weighted by molar-refractivity contribution is -0.208. The highest BCUT2D eigenvalue weighted by atomic mass is 32.2. The van der Waals surface area contributed by atoms with Crippen molar-refractivity contribution in [3.8, 4) is 0 Å². The fraction of sp³-hybridized carbons (Fsp3) is 1.00. The summed E-state index contributed by atoms with van der Waals surface area (Å²) in [6.07, 6.45) is -3.41. The van der Waals surface area contributed by atoms with Crippen LogP contribution in [0.4, 0.5) is 13.2 Å². The summed E-state index contributed by atoms with van der Waals surface area (Å²) in [6, 6.07) is 0. The molecular weight excluding hydrogens is 189 g/mol. The first-order valence-corrected chi connectivity index (χ1v) is 3.99. The summed E-state index contributed by atoms with van der Waals surface area (Å²) < 4.78 is 57.6. The molecule has 11 heavy (non-hydrogen) atoms. The molecule has 0 aliphatic carbocycles. The van der Waals surface area contributed by atoms with Crippen LogP contribution in [0.3, 0.4) is 0 Å². The Balaban J connectivity index is 0. The van der Waals surface area contributed by atoms with E-state index < -0.39 is 22.9 Å². The Labute approximate surface area is 61.4 Å². The van der Waals surface area contributed by atoms with Crippen LogP contribution in [0.25, 0.3) is 0 Å². The fourth-order valence-electron chi connectivity index (χ4n) is 0. The highest BCUT2D eigenvalue weighted by molar-refractivity contribution is 7.85. The largest absolute Gasteiger partial charge is 0.381 e. The van der Waals surface area contributed by atoms with Crippen LogP contribution in [0.2, 0.25) is 0 Å². The Bertz CT molecular complexity index is 173. The van der Waals surface area contributed by atoms with E-state index in [2.05, 4.69) is 0 Å². The van der Waals surface area contributed by atoms with E-state index in [0.717, 1.165) is 0 Å². The zero-order chi connectivity index (χ0) is 9.71. The van der Waals surface area contributed by atoms with E-state index in [0.29, 0.717) is 6.26 Å². The van der Waals surface area contributed by atoms with Gasteiger partial charge in [-0.25, -0.2) is 4.39 Å². The molecule has 0 aromatic heterocycles. The minimum absolute atomic E-state index is 0.715. The van der Waals surface area contributed by atoms with Crippen LogP contribution in [-0.4, -0.2) is 37.1 Å². The van der Waals surface area contributed by atoms with Crippen molar-refractivity contribution in [1.82, 2.24) is 0 Å². The smallest absolute Gasteiger partial charge is 0.334 e. The molecule has 0 aliphatic rings. The zero-order valence-electron chi connectivity index (χ0n) is 5.46. The van der Waals surface area contributed by atoms with Gasteiger partial charge in [-0.05, 0) is 0 Å². The summed E-state index contributed by atoms with van der Waals surface area (Å²) in [7, 11) is -3.67. The van der Waals surface area contributed by atoms with Gasteiger partial charge in [0.05, 0.1) is 6.26 Å². The Morgan fingerprint density at radius 3 is 1.55 bits per heavy atom. The molecule has 0 aromatic rings. The summed E-state index contributed by atoms with van der Waals surface area (Å²) in [5, 5.41) is 7.12. The molecule has 0 aliphatic heterocycles. The highest BCUT2D eigenvalue weighted by Gasteiger charge is 2.22. The molecule has 0 amide bonds. The van der Waals surface area contributed by atoms with Crippen molar-refractivity contribution in [2.45, 2.75) is 6.11 Å². The lowest BCUT2D eigenvalue weighted by Gasteiger charge is -1.97. The van der Waals surface area contributed by atoms with E-state index in [4.69, 9.17) is 9.66 Å². The summed E-state index contributed by atoms with van der Waals surface area (Å²) in [5.74, 6) is 0. The number of rotatable bonds is 1. The van der Waals surface area contributed by atoms with Gasteiger partial charge in [-0.3, -0.25) is 4.55 Å². The minimum Gasteiger partial charge on any atom is -0.334 e. The molecule has 4 nitrogen and oxygen atoms in total. The van der Waals surface area contributed by atoms with E-state index in [1.165, 1.54) is 0 Å². The maximum Gasteiger partial charge on any atom is 0.381 e. The Morgan fingerprint density at radius 1 is 1.45 bits per heavy atom. The van der Waals surface area contributed by atoms with Crippen molar-refractivity contribution in [2.24, 2.45) is 0 Å². The average Bonchev–Trinajstić information content (AvgIpc) is 1.59. The molecule has 0 radical (unpaired) electrons. The average molecular weight is 196 g/mol. The van der Waals surface area contributed by atoms with Gasteiger partial charge in [0, 0.05) is 0 Å². The first kappa shape index (κ1) is 13.3. The standard InChI is InChI=1S/C2H3F3O.CH4O3S/c3-1-2(4,5)6;1-5(2,3)4/h6H,1H2;1H3,(H,2,3,4). The first-order chi connectivity index (χ1) is 4.56. The Morgan fingerprint density at radius 2 is 1.55 bits per heavy atom. The predicted octanol–water partition coefficient (Wildman–Crippen LogP) is 0.0450. The predicted molar refractivity (Wildman–Crippen MR) is 30.6 cm³/mol. The van der Waals surface area contributed by atoms with Crippen molar-refractivity contribution in [3.05, 3.63) is 0 Å². The molecule has 0 fully saturated rings. The summed E-state index contributed by atoms with van der Waals surface area (Å²) in [6.45, 7) is -2.01. The maximum atomic E-state index is 10.6. The highest BCUT2D eigenvalue weighted by Crippen LogP contribution is 2.06. The molecule has 70 valence electrons. The number of hydrogen-bond donors (Lipinski definition) is 2. The molecule has 0 bridgehead atoms. The quantitative estimate of drug-likeness (QED) is 0.581. The lowest BCUT2D eigenvalue weighted by atomic mass is 10.7. The van der Waals surface area contributed by atoms with Crippen molar-refractivity contribution < 1.29 is 31.2 Å². The van der Waals surface area contributed by atoms with Crippen LogP contribution >= 0.6 is 0 Å². The molecular formula is C3H7F3O4S. The molecule has 0 saturated carbocycles. The number of aliphatic hydroxyl groups is 1. The second-order valence-corrected chi connectivity index (χ2v) is 3.00. The zero-order valence-corrected chi connectivity index (χ0v) is 6.28. The Hall–Kier alpha value is -0.340. The normalized spacial score (nSPS) is 11.8. The summed E-state index contributed by atoms with van der Waals surface area (Å²) in [5.41, 5.74) is 0. The second kappa shape index (κ2) is 4.52. The van der Waals surface area contributed by atoms with Crippen LogP contribution in [0.15, 0.2) is 0 Å². The van der Waals surface area contributed by atoms with Crippen LogP contribution in [0, 0.1) is 0 Å². The number of hydrogen-bond acceptors (Lipinski definition) is 3. The van der Waals surface area contributed by atoms with Gasteiger partial charge in [-0.15, -0.1) is 0 Å². The van der Waals surface area contributed by atoms with E-state index in [1.54, 1.807) is 0 Å². The van der Waals surface area contributed by atoms with Crippen molar-refractivity contribution in [3.63, 3.8) is 0 Å². The topological polar surface area (TPSA) is 74.6 Å². The molecule has 0 saturated heterocycles. The van der Waals surface area contributed by atoms with Gasteiger partial charge in [-0.1, -0.05) is 0 Å². The molecule has 0 aromatic carbocycles. The van der Waals surface area contributed by atoms with E-state index in [-0.39, 0.29) is 0 Å². The third-order valence-corrected chi connectivity index (χ3v) is 0.161. The fourth-order valence-corrected chi connectivity index (χ4v) is 0. The van der Waals surface area contributed by atoms with Crippen LogP contribution in [0.1, 0.15) is 0 Å². The van der Waals surface area contributed by atoms with Gasteiger partial charge in [0.25, 0.3) is 10.1 Å². The molecule has 0 spiro atoms. The minimum atomic E-state index is -4.12. The molecule has 0 atom stereocenters. The third kappa shape index (κ3) is 80.1. The Kier molecular flexibility index (Phi) is 5.45. The second-order valence-electron chi connectivity index (χ2n) is 1.53. The van der Waals surface area contributed by atoms with Gasteiger partial charge in [0.1, 0.15) is 0 Å². The molecule has 2 N–H and O–H groups in total. The number of alkyl halides is 3. The van der Waals surface area contributed by atoms with Crippen molar-refractivity contribution in [2.75, 3.05) is 12.9 Å². The molecule has 0 unspecified atom stereocenters. The monoisotopic (exact) mass is 196 g/mol. The first-order valence-electron chi connectivity index (χ1n) is 2.15. The summed E-state index contributed by atoms with van der Waals surface area (Å²) in [4.78, 5) is 0. The molecule has 8 heteroatoms. The molecule has 0 rings (SSSR count). The maximum absolute atomic E-state index is 10.6. The van der Waals surface area contributed by atoms with Crippen molar-refractivity contribution >= 4 is 10.1 Å². The van der Waals surface area contributed by atoms with E-state index in [1.807, 2.05) is 0 Å². The molecule has 0 heterocycles. The lowest BCUT2D eigenvalue weighted by Crippen LogP contribution is -2.15. The SMILES string of the molecule is CS(=O)(=O)O.OC(F)(F)CF. The van der Waals surface area contributed by atoms with Gasteiger partial charge in [0.15, 0.2) is 6.67 Å². The van der Waals surface area contributed by atoms with E-state index in [9.17, 15) is 21.6 Å². The number of halogens is 3. The van der Waals surface area contributed by atoms with Crippen LogP contribution < -0.4 is 0 Å². The van der Waals surface area contributed by atoms with Gasteiger partial charge < -0.3 is 5.11 Å². The van der Waals surface area contributed by atoms with Crippen molar-refractivity contribution in [1.29, 1.82) is 0 Å². The van der Waals surface area contributed by atoms with E-state index >= 15 is 0 Å². The van der Waals surface area contributed by atoms with Gasteiger partial charge >= 0.3 is 6.11 Å². The third-order valence-electron chi connectivity index (χ3n) is 0.161. The van der Waals surface area contributed by atoms with Gasteiger partial charge in [-0.2, -0.15) is 17.2 Å².